The molecule has 2 rings (SSSR count). The largest absolute Gasteiger partial charge is 0.387 e. The van der Waals surface area contributed by atoms with Crippen LogP contribution in [0.1, 0.15) is 25.5 Å². The minimum Gasteiger partial charge on any atom is -0.387 e. The van der Waals surface area contributed by atoms with E-state index in [1.165, 1.54) is 0 Å². The molecule has 0 aliphatic rings. The van der Waals surface area contributed by atoms with Crippen molar-refractivity contribution < 1.29 is 5.11 Å². The lowest BCUT2D eigenvalue weighted by molar-refractivity contribution is 0.173. The number of benzene rings is 1. The maximum atomic E-state index is 10.1. The van der Waals surface area contributed by atoms with Crippen LogP contribution in [0.15, 0.2) is 18.3 Å². The summed E-state index contributed by atoms with van der Waals surface area (Å²) in [7, 11) is 0. The zero-order chi connectivity index (χ0) is 12.4. The molecule has 92 valence electrons. The summed E-state index contributed by atoms with van der Waals surface area (Å²) in [6.07, 6.45) is 1.13. The molecule has 1 aromatic heterocycles. The summed E-state index contributed by atoms with van der Waals surface area (Å²) in [5, 5.41) is 21.6. The van der Waals surface area contributed by atoms with E-state index in [1.807, 2.05) is 19.9 Å². The lowest BCUT2D eigenvalue weighted by Gasteiger charge is -2.15. The Morgan fingerprint density at radius 1 is 1.47 bits per heavy atom. The number of nitrogens with one attached hydrogen (secondary N) is 2. The third-order valence-electron chi connectivity index (χ3n) is 2.68. The molecule has 1 aromatic carbocycles. The number of rotatable bonds is 4. The predicted octanol–water partition coefficient (Wildman–Crippen LogP) is 2.25. The monoisotopic (exact) mass is 253 g/mol. The Morgan fingerprint density at radius 2 is 2.24 bits per heavy atom. The number of hydrogen-bond acceptors (Lipinski definition) is 3. The van der Waals surface area contributed by atoms with Gasteiger partial charge >= 0.3 is 0 Å². The molecule has 17 heavy (non-hydrogen) atoms. The van der Waals surface area contributed by atoms with Crippen LogP contribution in [0.25, 0.3) is 10.9 Å². The number of halogens is 1. The van der Waals surface area contributed by atoms with E-state index in [1.54, 1.807) is 12.3 Å². The van der Waals surface area contributed by atoms with E-state index in [0.717, 1.165) is 16.5 Å². The molecule has 0 radical (unpaired) electrons. The summed E-state index contributed by atoms with van der Waals surface area (Å²) in [6.45, 7) is 4.60. The van der Waals surface area contributed by atoms with Gasteiger partial charge in [0.1, 0.15) is 0 Å². The van der Waals surface area contributed by atoms with Gasteiger partial charge in [0.25, 0.3) is 0 Å². The summed E-state index contributed by atoms with van der Waals surface area (Å²) in [4.78, 5) is 0. The van der Waals surface area contributed by atoms with E-state index in [0.29, 0.717) is 17.6 Å². The van der Waals surface area contributed by atoms with Gasteiger partial charge in [0.2, 0.25) is 0 Å². The van der Waals surface area contributed by atoms with Crippen molar-refractivity contribution >= 4 is 22.5 Å². The van der Waals surface area contributed by atoms with Crippen molar-refractivity contribution in [3.63, 3.8) is 0 Å². The number of H-pyrrole nitrogens is 1. The van der Waals surface area contributed by atoms with Crippen LogP contribution in [0.5, 0.6) is 0 Å². The average Bonchev–Trinajstić information content (AvgIpc) is 2.76. The van der Waals surface area contributed by atoms with Gasteiger partial charge in [-0.25, -0.2) is 0 Å². The number of aliphatic hydroxyl groups excluding tert-OH is 1. The summed E-state index contributed by atoms with van der Waals surface area (Å²) >= 11 is 6.03. The number of aromatic nitrogens is 2. The molecular weight excluding hydrogens is 238 g/mol. The molecule has 0 saturated carbocycles. The van der Waals surface area contributed by atoms with Gasteiger partial charge in [0.15, 0.2) is 0 Å². The van der Waals surface area contributed by atoms with Gasteiger partial charge in [0.05, 0.1) is 22.8 Å². The van der Waals surface area contributed by atoms with Crippen LogP contribution in [-0.2, 0) is 0 Å². The first kappa shape index (κ1) is 12.4. The predicted molar refractivity (Wildman–Crippen MR) is 69.2 cm³/mol. The van der Waals surface area contributed by atoms with Gasteiger partial charge in [-0.15, -0.1) is 0 Å². The smallest absolute Gasteiger partial charge is 0.0921 e. The van der Waals surface area contributed by atoms with Crippen LogP contribution in [0.4, 0.5) is 0 Å². The summed E-state index contributed by atoms with van der Waals surface area (Å²) in [5.74, 6) is 0. The number of nitrogens with zero attached hydrogens (tertiary/aromatic N) is 1. The molecule has 0 fully saturated rings. The summed E-state index contributed by atoms with van der Waals surface area (Å²) in [6, 6.07) is 3.96. The molecule has 4 nitrogen and oxygen atoms in total. The quantitative estimate of drug-likeness (QED) is 0.783. The molecule has 0 aliphatic carbocycles. The Morgan fingerprint density at radius 3 is 2.94 bits per heavy atom. The Balaban J connectivity index is 2.29. The third-order valence-corrected chi connectivity index (χ3v) is 2.99. The average molecular weight is 254 g/mol. The first-order valence-corrected chi connectivity index (χ1v) is 6.00. The highest BCUT2D eigenvalue weighted by atomic mass is 35.5. The first-order valence-electron chi connectivity index (χ1n) is 5.62. The van der Waals surface area contributed by atoms with E-state index < -0.39 is 6.10 Å². The SMILES string of the molecule is CC(C)NC[C@H](O)c1ccc(Cl)c2[nH]ncc12. The van der Waals surface area contributed by atoms with Crippen LogP contribution in [0.3, 0.4) is 0 Å². The summed E-state index contributed by atoms with van der Waals surface area (Å²) in [5.41, 5.74) is 1.61. The second-order valence-corrected chi connectivity index (χ2v) is 4.78. The standard InChI is InChI=1S/C12H16ClN3O/c1-7(2)14-6-11(17)8-3-4-10(13)12-9(8)5-15-16-12/h3-5,7,11,14,17H,6H2,1-2H3,(H,15,16)/t11-/m0/s1. The molecule has 1 heterocycles. The first-order chi connectivity index (χ1) is 8.09. The van der Waals surface area contributed by atoms with Crippen LogP contribution >= 0.6 is 11.6 Å². The van der Waals surface area contributed by atoms with Crippen molar-refractivity contribution in [2.75, 3.05) is 6.54 Å². The van der Waals surface area contributed by atoms with E-state index in [2.05, 4.69) is 15.5 Å². The topological polar surface area (TPSA) is 60.9 Å². The van der Waals surface area contributed by atoms with Crippen molar-refractivity contribution in [2.24, 2.45) is 0 Å². The maximum absolute atomic E-state index is 10.1. The zero-order valence-corrected chi connectivity index (χ0v) is 10.6. The molecule has 0 saturated heterocycles. The van der Waals surface area contributed by atoms with Crippen LogP contribution < -0.4 is 5.32 Å². The highest BCUT2D eigenvalue weighted by Crippen LogP contribution is 2.28. The fourth-order valence-corrected chi connectivity index (χ4v) is 1.98. The van der Waals surface area contributed by atoms with E-state index >= 15 is 0 Å². The minimum atomic E-state index is -0.560. The fraction of sp³-hybridized carbons (Fsp3) is 0.417. The van der Waals surface area contributed by atoms with Gasteiger partial charge in [-0.3, -0.25) is 5.10 Å². The molecule has 1 atom stereocenters. The third kappa shape index (κ3) is 2.60. The Bertz CT molecular complexity index is 509. The Kier molecular flexibility index (Phi) is 3.66. The van der Waals surface area contributed by atoms with Crippen molar-refractivity contribution in [2.45, 2.75) is 26.0 Å². The molecule has 5 heteroatoms. The highest BCUT2D eigenvalue weighted by molar-refractivity contribution is 6.35. The molecule has 0 amide bonds. The van der Waals surface area contributed by atoms with Crippen LogP contribution in [0.2, 0.25) is 5.02 Å². The molecule has 0 unspecified atom stereocenters. The van der Waals surface area contributed by atoms with Crippen molar-refractivity contribution in [3.05, 3.63) is 28.9 Å². The van der Waals surface area contributed by atoms with Gasteiger partial charge in [-0.2, -0.15) is 5.10 Å². The van der Waals surface area contributed by atoms with Crippen molar-refractivity contribution in [1.29, 1.82) is 0 Å². The van der Waals surface area contributed by atoms with Crippen molar-refractivity contribution in [3.8, 4) is 0 Å². The Hall–Kier alpha value is -1.10. The van der Waals surface area contributed by atoms with Crippen LogP contribution in [0, 0.1) is 0 Å². The highest BCUT2D eigenvalue weighted by Gasteiger charge is 2.14. The second kappa shape index (κ2) is 5.04. The number of aliphatic hydroxyl groups is 1. The lowest BCUT2D eigenvalue weighted by atomic mass is 10.0. The van der Waals surface area contributed by atoms with E-state index in [-0.39, 0.29) is 0 Å². The molecule has 0 spiro atoms. The fourth-order valence-electron chi connectivity index (χ4n) is 1.77. The Labute approximate surface area is 105 Å². The maximum Gasteiger partial charge on any atom is 0.0921 e. The van der Waals surface area contributed by atoms with Gasteiger partial charge < -0.3 is 10.4 Å². The van der Waals surface area contributed by atoms with Gasteiger partial charge in [-0.1, -0.05) is 31.5 Å². The van der Waals surface area contributed by atoms with E-state index in [4.69, 9.17) is 11.6 Å². The summed E-state index contributed by atoms with van der Waals surface area (Å²) < 4.78 is 0. The molecule has 2 aromatic rings. The van der Waals surface area contributed by atoms with E-state index in [9.17, 15) is 5.11 Å². The second-order valence-electron chi connectivity index (χ2n) is 4.37. The zero-order valence-electron chi connectivity index (χ0n) is 9.87. The lowest BCUT2D eigenvalue weighted by Crippen LogP contribution is -2.27. The number of fused-ring (bicyclic) bond motifs is 1. The number of hydrogen-bond donors (Lipinski definition) is 3. The molecular formula is C12H16ClN3O. The number of aromatic amines is 1. The molecule has 0 aliphatic heterocycles. The van der Waals surface area contributed by atoms with Gasteiger partial charge in [0, 0.05) is 18.0 Å². The minimum absolute atomic E-state index is 0.344. The van der Waals surface area contributed by atoms with Gasteiger partial charge in [-0.05, 0) is 11.6 Å². The molecule has 0 bridgehead atoms. The van der Waals surface area contributed by atoms with Crippen LogP contribution in [-0.4, -0.2) is 27.9 Å². The normalized spacial score (nSPS) is 13.5. The molecule has 3 N–H and O–H groups in total. The van der Waals surface area contributed by atoms with Crippen molar-refractivity contribution in [1.82, 2.24) is 15.5 Å².